The van der Waals surface area contributed by atoms with Crippen molar-refractivity contribution in [2.45, 2.75) is 26.8 Å². The van der Waals surface area contributed by atoms with Gasteiger partial charge in [-0.2, -0.15) is 5.26 Å². The Balaban J connectivity index is 1.85. The lowest BCUT2D eigenvalue weighted by Gasteiger charge is -2.18. The minimum absolute atomic E-state index is 0.0164. The lowest BCUT2D eigenvalue weighted by Crippen LogP contribution is -2.27. The second kappa shape index (κ2) is 8.16. The molecular formula is C20H22N2O2. The van der Waals surface area contributed by atoms with Crippen molar-refractivity contribution in [3.05, 3.63) is 64.7 Å². The maximum Gasteiger partial charge on any atom is 0.226 e. The topological polar surface area (TPSA) is 53.3 Å². The maximum absolute atomic E-state index is 12.2. The van der Waals surface area contributed by atoms with Gasteiger partial charge in [-0.05, 0) is 48.7 Å². The van der Waals surface area contributed by atoms with Gasteiger partial charge in [0.05, 0.1) is 24.7 Å². The molecule has 124 valence electrons. The van der Waals surface area contributed by atoms with E-state index in [1.54, 1.807) is 24.1 Å². The first-order valence-corrected chi connectivity index (χ1v) is 7.92. The molecule has 4 heteroatoms. The van der Waals surface area contributed by atoms with Crippen molar-refractivity contribution in [2.75, 3.05) is 13.7 Å². The molecule has 0 fully saturated rings. The molecule has 0 bridgehead atoms. The summed E-state index contributed by atoms with van der Waals surface area (Å²) in [4.78, 5) is 13.9. The molecule has 0 aliphatic heterocycles. The van der Waals surface area contributed by atoms with Gasteiger partial charge in [0.25, 0.3) is 0 Å². The van der Waals surface area contributed by atoms with Crippen LogP contribution in [0.4, 0.5) is 0 Å². The van der Waals surface area contributed by atoms with Crippen molar-refractivity contribution in [3.8, 4) is 11.8 Å². The number of nitriles is 1. The molecule has 2 rings (SSSR count). The summed E-state index contributed by atoms with van der Waals surface area (Å²) in [7, 11) is 1.76. The van der Waals surface area contributed by atoms with Crippen molar-refractivity contribution in [1.29, 1.82) is 5.26 Å². The highest BCUT2D eigenvalue weighted by atomic mass is 16.5. The lowest BCUT2D eigenvalue weighted by molar-refractivity contribution is -0.130. The summed E-state index contributed by atoms with van der Waals surface area (Å²) in [6, 6.07) is 15.4. The summed E-state index contributed by atoms with van der Waals surface area (Å²) < 4.78 is 5.73. The minimum atomic E-state index is 0.0164. The zero-order valence-corrected chi connectivity index (χ0v) is 14.4. The highest BCUT2D eigenvalue weighted by Crippen LogP contribution is 2.19. The molecule has 0 aliphatic rings. The minimum Gasteiger partial charge on any atom is -0.493 e. The molecule has 0 heterocycles. The number of ether oxygens (including phenoxy) is 1. The van der Waals surface area contributed by atoms with Gasteiger partial charge in [-0.1, -0.05) is 24.3 Å². The Morgan fingerprint density at radius 1 is 1.21 bits per heavy atom. The Hall–Kier alpha value is -2.80. The van der Waals surface area contributed by atoms with E-state index in [0.717, 1.165) is 22.4 Å². The van der Waals surface area contributed by atoms with Crippen LogP contribution >= 0.6 is 0 Å². The fourth-order valence-electron chi connectivity index (χ4n) is 2.40. The van der Waals surface area contributed by atoms with E-state index in [2.05, 4.69) is 6.07 Å². The SMILES string of the molecule is Cc1ccc(C)c(OCCC(=O)N(C)Cc2cccc(C#N)c2)c1. The number of benzene rings is 2. The molecule has 0 radical (unpaired) electrons. The zero-order valence-electron chi connectivity index (χ0n) is 14.4. The summed E-state index contributed by atoms with van der Waals surface area (Å²) >= 11 is 0. The van der Waals surface area contributed by atoms with Crippen LogP contribution in [0.2, 0.25) is 0 Å². The maximum atomic E-state index is 12.2. The molecule has 0 unspecified atom stereocenters. The van der Waals surface area contributed by atoms with Gasteiger partial charge in [-0.15, -0.1) is 0 Å². The predicted octanol–water partition coefficient (Wildman–Crippen LogP) is 3.60. The van der Waals surface area contributed by atoms with E-state index in [1.165, 1.54) is 0 Å². The molecule has 0 saturated heterocycles. The third-order valence-corrected chi connectivity index (χ3v) is 3.82. The van der Waals surface area contributed by atoms with Gasteiger partial charge in [0.15, 0.2) is 0 Å². The molecule has 0 saturated carbocycles. The molecule has 2 aromatic carbocycles. The molecule has 2 aromatic rings. The fraction of sp³-hybridized carbons (Fsp3) is 0.300. The van der Waals surface area contributed by atoms with Crippen molar-refractivity contribution >= 4 is 5.91 Å². The zero-order chi connectivity index (χ0) is 17.5. The van der Waals surface area contributed by atoms with E-state index in [4.69, 9.17) is 10.00 Å². The first-order valence-electron chi connectivity index (χ1n) is 7.92. The normalized spacial score (nSPS) is 10.1. The predicted molar refractivity (Wildman–Crippen MR) is 93.7 cm³/mol. The number of rotatable bonds is 6. The van der Waals surface area contributed by atoms with Crippen molar-refractivity contribution < 1.29 is 9.53 Å². The molecular weight excluding hydrogens is 300 g/mol. The number of amides is 1. The molecule has 0 atom stereocenters. The monoisotopic (exact) mass is 322 g/mol. The van der Waals surface area contributed by atoms with E-state index in [1.807, 2.05) is 44.2 Å². The van der Waals surface area contributed by atoms with Crippen molar-refractivity contribution in [3.63, 3.8) is 0 Å². The largest absolute Gasteiger partial charge is 0.493 e. The van der Waals surface area contributed by atoms with E-state index < -0.39 is 0 Å². The summed E-state index contributed by atoms with van der Waals surface area (Å²) in [6.45, 7) is 4.84. The van der Waals surface area contributed by atoms with Gasteiger partial charge in [0.2, 0.25) is 5.91 Å². The van der Waals surface area contributed by atoms with Crippen LogP contribution in [0.15, 0.2) is 42.5 Å². The molecule has 1 amide bonds. The van der Waals surface area contributed by atoms with Crippen LogP contribution in [0.3, 0.4) is 0 Å². The molecule has 0 N–H and O–H groups in total. The van der Waals surface area contributed by atoms with Gasteiger partial charge in [0, 0.05) is 13.6 Å². The summed E-state index contributed by atoms with van der Waals surface area (Å²) in [5.41, 5.74) is 3.75. The smallest absolute Gasteiger partial charge is 0.226 e. The Labute approximate surface area is 143 Å². The highest BCUT2D eigenvalue weighted by molar-refractivity contribution is 5.76. The number of hydrogen-bond donors (Lipinski definition) is 0. The second-order valence-corrected chi connectivity index (χ2v) is 5.93. The number of hydrogen-bond acceptors (Lipinski definition) is 3. The Kier molecular flexibility index (Phi) is 5.97. The average molecular weight is 322 g/mol. The fourth-order valence-corrected chi connectivity index (χ4v) is 2.40. The van der Waals surface area contributed by atoms with E-state index in [0.29, 0.717) is 25.1 Å². The van der Waals surface area contributed by atoms with Gasteiger partial charge in [-0.25, -0.2) is 0 Å². The number of aryl methyl sites for hydroxylation is 2. The highest BCUT2D eigenvalue weighted by Gasteiger charge is 2.10. The van der Waals surface area contributed by atoms with Gasteiger partial charge in [0.1, 0.15) is 5.75 Å². The number of carbonyl (C=O) groups excluding carboxylic acids is 1. The second-order valence-electron chi connectivity index (χ2n) is 5.93. The quantitative estimate of drug-likeness (QED) is 0.816. The van der Waals surface area contributed by atoms with Crippen LogP contribution < -0.4 is 4.74 Å². The molecule has 0 aliphatic carbocycles. The summed E-state index contributed by atoms with van der Waals surface area (Å²) in [5, 5.41) is 8.92. The van der Waals surface area contributed by atoms with Crippen LogP contribution in [0.25, 0.3) is 0 Å². The van der Waals surface area contributed by atoms with E-state index in [9.17, 15) is 4.79 Å². The molecule has 0 spiro atoms. The van der Waals surface area contributed by atoms with Gasteiger partial charge < -0.3 is 9.64 Å². The third-order valence-electron chi connectivity index (χ3n) is 3.82. The third kappa shape index (κ3) is 4.85. The Bertz CT molecular complexity index is 762. The van der Waals surface area contributed by atoms with Crippen molar-refractivity contribution in [1.82, 2.24) is 4.90 Å². The van der Waals surface area contributed by atoms with Crippen LogP contribution in [0, 0.1) is 25.2 Å². The Morgan fingerprint density at radius 2 is 2.00 bits per heavy atom. The van der Waals surface area contributed by atoms with Crippen LogP contribution in [-0.2, 0) is 11.3 Å². The lowest BCUT2D eigenvalue weighted by atomic mass is 10.1. The van der Waals surface area contributed by atoms with Crippen LogP contribution in [0.1, 0.15) is 28.7 Å². The van der Waals surface area contributed by atoms with E-state index in [-0.39, 0.29) is 5.91 Å². The summed E-state index contributed by atoms with van der Waals surface area (Å²) in [5.74, 6) is 0.842. The van der Waals surface area contributed by atoms with E-state index >= 15 is 0 Å². The van der Waals surface area contributed by atoms with Gasteiger partial charge in [-0.3, -0.25) is 4.79 Å². The summed E-state index contributed by atoms with van der Waals surface area (Å²) in [6.07, 6.45) is 0.321. The average Bonchev–Trinajstić information content (AvgIpc) is 2.58. The number of carbonyl (C=O) groups is 1. The molecule has 4 nitrogen and oxygen atoms in total. The van der Waals surface area contributed by atoms with Crippen LogP contribution in [-0.4, -0.2) is 24.5 Å². The van der Waals surface area contributed by atoms with Crippen LogP contribution in [0.5, 0.6) is 5.75 Å². The molecule has 24 heavy (non-hydrogen) atoms. The Morgan fingerprint density at radius 3 is 2.75 bits per heavy atom. The molecule has 0 aromatic heterocycles. The number of nitrogens with zero attached hydrogens (tertiary/aromatic N) is 2. The first-order chi connectivity index (χ1) is 11.5. The van der Waals surface area contributed by atoms with Crippen molar-refractivity contribution in [2.24, 2.45) is 0 Å². The van der Waals surface area contributed by atoms with Gasteiger partial charge >= 0.3 is 0 Å². The standard InChI is InChI=1S/C20H22N2O2/c1-15-7-8-16(2)19(11-15)24-10-9-20(23)22(3)14-18-6-4-5-17(12-18)13-21/h4-8,11-12H,9-10,14H2,1-3H3. The first kappa shape index (κ1) is 17.6.